The topological polar surface area (TPSA) is 96.7 Å². The van der Waals surface area contributed by atoms with Crippen molar-refractivity contribution in [2.45, 2.75) is 33.6 Å². The zero-order chi connectivity index (χ0) is 20.4. The van der Waals surface area contributed by atoms with Crippen LogP contribution >= 0.6 is 0 Å². The number of aryl methyl sites for hydroxylation is 3. The highest BCUT2D eigenvalue weighted by atomic mass is 16.5. The van der Waals surface area contributed by atoms with Crippen molar-refractivity contribution < 1.29 is 9.32 Å². The van der Waals surface area contributed by atoms with Crippen LogP contribution in [0.4, 0.5) is 0 Å². The molecular formula is C22H23N5O2. The number of fused-ring (bicyclic) bond motifs is 1. The van der Waals surface area contributed by atoms with Crippen LogP contribution in [-0.4, -0.2) is 32.6 Å². The average Bonchev–Trinajstić information content (AvgIpc) is 3.29. The first-order chi connectivity index (χ1) is 14.0. The van der Waals surface area contributed by atoms with Gasteiger partial charge in [-0.15, -0.1) is 0 Å². The summed E-state index contributed by atoms with van der Waals surface area (Å²) in [7, 11) is 0. The molecule has 7 heteroatoms. The summed E-state index contributed by atoms with van der Waals surface area (Å²) in [5.74, 6) is 0.957. The molecule has 29 heavy (non-hydrogen) atoms. The Balaban J connectivity index is 1.37. The Morgan fingerprint density at radius 2 is 2.10 bits per heavy atom. The second-order valence-electron chi connectivity index (χ2n) is 7.26. The van der Waals surface area contributed by atoms with Crippen LogP contribution in [0.1, 0.15) is 28.3 Å². The maximum Gasteiger partial charge on any atom is 0.228 e. The van der Waals surface area contributed by atoms with Crippen molar-refractivity contribution in [3.63, 3.8) is 0 Å². The van der Waals surface area contributed by atoms with E-state index >= 15 is 0 Å². The minimum Gasteiger partial charge on any atom is -0.358 e. The third-order valence-corrected chi connectivity index (χ3v) is 4.96. The summed E-state index contributed by atoms with van der Waals surface area (Å²) in [5, 5.41) is 8.03. The van der Waals surface area contributed by atoms with E-state index < -0.39 is 0 Å². The molecule has 3 heterocycles. The first-order valence-electron chi connectivity index (χ1n) is 9.59. The fourth-order valence-corrected chi connectivity index (χ4v) is 3.56. The molecule has 0 atom stereocenters. The first kappa shape index (κ1) is 18.9. The fraction of sp³-hybridized carbons (Fsp3) is 0.273. The molecule has 7 nitrogen and oxygen atoms in total. The molecule has 0 spiro atoms. The van der Waals surface area contributed by atoms with Crippen molar-refractivity contribution >= 4 is 16.8 Å². The van der Waals surface area contributed by atoms with Crippen molar-refractivity contribution in [2.75, 3.05) is 6.54 Å². The lowest BCUT2D eigenvalue weighted by Crippen LogP contribution is -2.27. The summed E-state index contributed by atoms with van der Waals surface area (Å²) in [6.45, 7) is 6.60. The molecule has 3 aromatic heterocycles. The molecule has 0 bridgehead atoms. The normalized spacial score (nSPS) is 11.1. The van der Waals surface area contributed by atoms with Crippen molar-refractivity contribution in [2.24, 2.45) is 0 Å². The Kier molecular flexibility index (Phi) is 5.12. The van der Waals surface area contributed by atoms with Gasteiger partial charge in [0.25, 0.3) is 0 Å². The van der Waals surface area contributed by atoms with Crippen LogP contribution in [0.3, 0.4) is 0 Å². The molecule has 4 aromatic rings. The van der Waals surface area contributed by atoms with E-state index in [2.05, 4.69) is 51.4 Å². The van der Waals surface area contributed by atoms with Gasteiger partial charge in [0.2, 0.25) is 17.6 Å². The summed E-state index contributed by atoms with van der Waals surface area (Å²) in [4.78, 5) is 24.3. The van der Waals surface area contributed by atoms with Gasteiger partial charge in [-0.05, 0) is 50.1 Å². The maximum absolute atomic E-state index is 12.5. The Morgan fingerprint density at radius 1 is 1.24 bits per heavy atom. The van der Waals surface area contributed by atoms with Crippen LogP contribution < -0.4 is 5.32 Å². The van der Waals surface area contributed by atoms with Gasteiger partial charge in [-0.2, -0.15) is 4.98 Å². The van der Waals surface area contributed by atoms with Crippen molar-refractivity contribution in [3.8, 4) is 11.4 Å². The predicted molar refractivity (Wildman–Crippen MR) is 110 cm³/mol. The Morgan fingerprint density at radius 3 is 2.90 bits per heavy atom. The van der Waals surface area contributed by atoms with Crippen molar-refractivity contribution in [3.05, 3.63) is 64.9 Å². The lowest BCUT2D eigenvalue weighted by Gasteiger charge is -2.05. The second kappa shape index (κ2) is 7.87. The standard InChI is InChI=1S/C22H23N5O2/c1-13-9-14(2)21-18(10-13)17(15(3)25-21)11-19(28)24-8-6-20-26-22(27-29-20)16-5-4-7-23-12-16/h4-5,7,9-10,12,25H,6,8,11H2,1-3H3,(H,24,28). The van der Waals surface area contributed by atoms with E-state index in [4.69, 9.17) is 4.52 Å². The number of rotatable bonds is 6. The highest BCUT2D eigenvalue weighted by Gasteiger charge is 2.15. The average molecular weight is 389 g/mol. The molecule has 148 valence electrons. The van der Waals surface area contributed by atoms with E-state index in [1.54, 1.807) is 12.4 Å². The molecule has 0 aliphatic carbocycles. The summed E-state index contributed by atoms with van der Waals surface area (Å²) in [6.07, 6.45) is 4.19. The molecule has 2 N–H and O–H groups in total. The van der Waals surface area contributed by atoms with E-state index in [0.29, 0.717) is 31.1 Å². The smallest absolute Gasteiger partial charge is 0.228 e. The van der Waals surface area contributed by atoms with Crippen LogP contribution in [0, 0.1) is 20.8 Å². The SMILES string of the molecule is Cc1cc(C)c2[nH]c(C)c(CC(=O)NCCc3nc(-c4cccnc4)no3)c2c1. The molecule has 0 radical (unpaired) electrons. The van der Waals surface area contributed by atoms with Gasteiger partial charge in [0.1, 0.15) is 0 Å². The number of nitrogens with one attached hydrogen (secondary N) is 2. The van der Waals surface area contributed by atoms with Crippen LogP contribution in [-0.2, 0) is 17.6 Å². The fourth-order valence-electron chi connectivity index (χ4n) is 3.56. The molecule has 0 unspecified atom stereocenters. The predicted octanol–water partition coefficient (Wildman–Crippen LogP) is 3.44. The molecule has 0 aliphatic heterocycles. The number of H-pyrrole nitrogens is 1. The lowest BCUT2D eigenvalue weighted by molar-refractivity contribution is -0.120. The molecule has 0 aliphatic rings. The van der Waals surface area contributed by atoms with Gasteiger partial charge in [0.15, 0.2) is 0 Å². The van der Waals surface area contributed by atoms with Gasteiger partial charge in [-0.25, -0.2) is 0 Å². The minimum atomic E-state index is -0.0276. The largest absolute Gasteiger partial charge is 0.358 e. The van der Waals surface area contributed by atoms with Crippen LogP contribution in [0.25, 0.3) is 22.3 Å². The molecule has 1 aromatic carbocycles. The van der Waals surface area contributed by atoms with E-state index in [1.165, 1.54) is 11.1 Å². The van der Waals surface area contributed by atoms with Crippen molar-refractivity contribution in [1.82, 2.24) is 25.4 Å². The number of hydrogen-bond donors (Lipinski definition) is 2. The number of hydrogen-bond acceptors (Lipinski definition) is 5. The number of amides is 1. The van der Waals surface area contributed by atoms with Gasteiger partial charge in [-0.1, -0.05) is 16.8 Å². The van der Waals surface area contributed by atoms with Crippen LogP contribution in [0.5, 0.6) is 0 Å². The number of aromatic nitrogens is 4. The number of carbonyl (C=O) groups excluding carboxylic acids is 1. The second-order valence-corrected chi connectivity index (χ2v) is 7.26. The number of nitrogens with zero attached hydrogens (tertiary/aromatic N) is 3. The minimum absolute atomic E-state index is 0.0276. The quantitative estimate of drug-likeness (QED) is 0.527. The van der Waals surface area contributed by atoms with E-state index in [9.17, 15) is 4.79 Å². The Labute approximate surface area is 168 Å². The number of pyridine rings is 1. The summed E-state index contributed by atoms with van der Waals surface area (Å²) in [6, 6.07) is 7.97. The van der Waals surface area contributed by atoms with Gasteiger partial charge < -0.3 is 14.8 Å². The van der Waals surface area contributed by atoms with Gasteiger partial charge in [0, 0.05) is 47.5 Å². The van der Waals surface area contributed by atoms with Crippen LogP contribution in [0.15, 0.2) is 41.2 Å². The van der Waals surface area contributed by atoms with Gasteiger partial charge in [-0.3, -0.25) is 9.78 Å². The number of benzene rings is 1. The third-order valence-electron chi connectivity index (χ3n) is 4.96. The molecule has 0 fully saturated rings. The van der Waals surface area contributed by atoms with E-state index in [-0.39, 0.29) is 5.91 Å². The monoisotopic (exact) mass is 389 g/mol. The zero-order valence-corrected chi connectivity index (χ0v) is 16.7. The molecular weight excluding hydrogens is 366 g/mol. The first-order valence-corrected chi connectivity index (χ1v) is 9.59. The number of carbonyl (C=O) groups is 1. The Bertz CT molecular complexity index is 1160. The van der Waals surface area contributed by atoms with Crippen LogP contribution in [0.2, 0.25) is 0 Å². The molecule has 1 amide bonds. The maximum atomic E-state index is 12.5. The van der Waals surface area contributed by atoms with Gasteiger partial charge >= 0.3 is 0 Å². The summed E-state index contributed by atoms with van der Waals surface area (Å²) in [5.41, 5.74) is 6.35. The molecule has 4 rings (SSSR count). The lowest BCUT2D eigenvalue weighted by atomic mass is 10.0. The highest BCUT2D eigenvalue weighted by Crippen LogP contribution is 2.26. The van der Waals surface area contributed by atoms with Crippen molar-refractivity contribution in [1.29, 1.82) is 0 Å². The third kappa shape index (κ3) is 4.03. The molecule has 0 saturated heterocycles. The summed E-state index contributed by atoms with van der Waals surface area (Å²) >= 11 is 0. The highest BCUT2D eigenvalue weighted by molar-refractivity contribution is 5.92. The zero-order valence-electron chi connectivity index (χ0n) is 16.7. The number of aromatic amines is 1. The van der Waals surface area contributed by atoms with E-state index in [1.807, 2.05) is 19.1 Å². The van der Waals surface area contributed by atoms with Gasteiger partial charge in [0.05, 0.1) is 6.42 Å². The van der Waals surface area contributed by atoms with E-state index in [0.717, 1.165) is 27.7 Å². The Hall–Kier alpha value is -3.48. The summed E-state index contributed by atoms with van der Waals surface area (Å²) < 4.78 is 5.26. The molecule has 0 saturated carbocycles.